The van der Waals surface area contributed by atoms with Gasteiger partial charge < -0.3 is 14.8 Å². The zero-order valence-electron chi connectivity index (χ0n) is 15.9. The minimum absolute atomic E-state index is 0.124. The van der Waals surface area contributed by atoms with Crippen LogP contribution in [0.1, 0.15) is 54.4 Å². The number of ether oxygens (including phenoxy) is 2. The Hall–Kier alpha value is -2.49. The standard InChI is InChI=1S/C24H25NO3/c26-23(18-1-6-21-22(10-18)28-14-27-21)25-20-4-2-19(3-5-20)24-11-15-7-16(12-24)9-17(8-15)13-24/h1-6,10,15-17H,7-9,11-14H2,(H,25,26). The van der Waals surface area contributed by atoms with Crippen LogP contribution in [0.4, 0.5) is 5.69 Å². The number of hydrogen-bond acceptors (Lipinski definition) is 3. The normalized spacial score (nSPS) is 31.8. The third kappa shape index (κ3) is 2.61. The van der Waals surface area contributed by atoms with Crippen LogP contribution in [0.15, 0.2) is 42.5 Å². The van der Waals surface area contributed by atoms with E-state index in [0.29, 0.717) is 22.5 Å². The zero-order valence-corrected chi connectivity index (χ0v) is 15.9. The molecule has 1 aliphatic heterocycles. The molecule has 2 aromatic rings. The van der Waals surface area contributed by atoms with Gasteiger partial charge >= 0.3 is 0 Å². The lowest BCUT2D eigenvalue weighted by Crippen LogP contribution is -2.48. The number of fused-ring (bicyclic) bond motifs is 1. The first-order valence-electron chi connectivity index (χ1n) is 10.5. The van der Waals surface area contributed by atoms with Gasteiger partial charge in [0, 0.05) is 11.3 Å². The van der Waals surface area contributed by atoms with E-state index in [1.807, 2.05) is 0 Å². The minimum atomic E-state index is -0.124. The summed E-state index contributed by atoms with van der Waals surface area (Å²) in [5.41, 5.74) is 3.30. The second-order valence-corrected chi connectivity index (χ2v) is 9.30. The van der Waals surface area contributed by atoms with Crippen LogP contribution < -0.4 is 14.8 Å². The summed E-state index contributed by atoms with van der Waals surface area (Å²) in [6.07, 6.45) is 8.47. The third-order valence-electron chi connectivity index (χ3n) is 7.43. The summed E-state index contributed by atoms with van der Waals surface area (Å²) in [6, 6.07) is 13.9. The van der Waals surface area contributed by atoms with Gasteiger partial charge in [0.05, 0.1) is 0 Å². The molecule has 4 heteroatoms. The number of hydrogen-bond donors (Lipinski definition) is 1. The highest BCUT2D eigenvalue weighted by molar-refractivity contribution is 6.04. The maximum absolute atomic E-state index is 12.6. The Labute approximate surface area is 165 Å². The van der Waals surface area contributed by atoms with Gasteiger partial charge in [-0.15, -0.1) is 0 Å². The van der Waals surface area contributed by atoms with Crippen LogP contribution in [0, 0.1) is 17.8 Å². The Morgan fingerprint density at radius 1 is 0.857 bits per heavy atom. The molecule has 4 bridgehead atoms. The Bertz CT molecular complexity index is 898. The monoisotopic (exact) mass is 375 g/mol. The average molecular weight is 375 g/mol. The molecule has 7 rings (SSSR count). The Morgan fingerprint density at radius 2 is 1.50 bits per heavy atom. The van der Waals surface area contributed by atoms with Gasteiger partial charge in [0.1, 0.15) is 0 Å². The van der Waals surface area contributed by atoms with Crippen LogP contribution >= 0.6 is 0 Å². The number of nitrogens with one attached hydrogen (secondary N) is 1. The van der Waals surface area contributed by atoms with Crippen LogP contribution in [-0.2, 0) is 5.41 Å². The SMILES string of the molecule is O=C(Nc1ccc(C23CC4CC(CC(C4)C2)C3)cc1)c1ccc2c(c1)OCO2. The second kappa shape index (κ2) is 6.00. The highest BCUT2D eigenvalue weighted by atomic mass is 16.7. The van der Waals surface area contributed by atoms with Crippen molar-refractivity contribution in [3.05, 3.63) is 53.6 Å². The van der Waals surface area contributed by atoms with E-state index in [2.05, 4.69) is 29.6 Å². The first-order chi connectivity index (χ1) is 13.7. The average Bonchev–Trinajstić information content (AvgIpc) is 3.15. The van der Waals surface area contributed by atoms with Crippen molar-refractivity contribution >= 4 is 11.6 Å². The number of carbonyl (C=O) groups excluding carboxylic acids is 1. The molecule has 4 aliphatic carbocycles. The first kappa shape index (κ1) is 16.5. The van der Waals surface area contributed by atoms with Crippen molar-refractivity contribution in [1.29, 1.82) is 0 Å². The molecule has 0 radical (unpaired) electrons. The summed E-state index contributed by atoms with van der Waals surface area (Å²) in [5, 5.41) is 3.02. The molecule has 144 valence electrons. The predicted octanol–water partition coefficient (Wildman–Crippen LogP) is 5.14. The van der Waals surface area contributed by atoms with Gasteiger partial charge in [-0.1, -0.05) is 12.1 Å². The summed E-state index contributed by atoms with van der Waals surface area (Å²) in [4.78, 5) is 12.6. The molecular weight excluding hydrogens is 350 g/mol. The smallest absolute Gasteiger partial charge is 0.255 e. The minimum Gasteiger partial charge on any atom is -0.454 e. The van der Waals surface area contributed by atoms with Gasteiger partial charge in [-0.2, -0.15) is 0 Å². The van der Waals surface area contributed by atoms with Crippen molar-refractivity contribution in [2.45, 2.75) is 43.9 Å². The molecule has 5 aliphatic rings. The number of rotatable bonds is 3. The Balaban J connectivity index is 1.20. The fourth-order valence-corrected chi connectivity index (χ4v) is 6.61. The van der Waals surface area contributed by atoms with Crippen LogP contribution in [0.5, 0.6) is 11.5 Å². The van der Waals surface area contributed by atoms with Crippen molar-refractivity contribution in [1.82, 2.24) is 0 Å². The lowest BCUT2D eigenvalue weighted by molar-refractivity contribution is -0.00518. The lowest BCUT2D eigenvalue weighted by Gasteiger charge is -2.57. The number of amides is 1. The third-order valence-corrected chi connectivity index (χ3v) is 7.43. The second-order valence-electron chi connectivity index (χ2n) is 9.30. The lowest BCUT2D eigenvalue weighted by atomic mass is 9.48. The Kier molecular flexibility index (Phi) is 3.53. The number of benzene rings is 2. The molecule has 1 amide bonds. The molecule has 0 atom stereocenters. The van der Waals surface area contributed by atoms with Crippen LogP contribution in [-0.4, -0.2) is 12.7 Å². The zero-order chi connectivity index (χ0) is 18.7. The summed E-state index contributed by atoms with van der Waals surface area (Å²) in [5.74, 6) is 4.02. The molecule has 28 heavy (non-hydrogen) atoms. The Morgan fingerprint density at radius 3 is 2.18 bits per heavy atom. The van der Waals surface area contributed by atoms with Crippen molar-refractivity contribution in [2.75, 3.05) is 12.1 Å². The molecule has 0 saturated heterocycles. The van der Waals surface area contributed by atoms with Crippen molar-refractivity contribution in [3.63, 3.8) is 0 Å². The topological polar surface area (TPSA) is 47.6 Å². The van der Waals surface area contributed by atoms with E-state index in [-0.39, 0.29) is 12.7 Å². The molecule has 0 unspecified atom stereocenters. The predicted molar refractivity (Wildman–Crippen MR) is 107 cm³/mol. The van der Waals surface area contributed by atoms with Gasteiger partial charge in [0.15, 0.2) is 11.5 Å². The van der Waals surface area contributed by atoms with E-state index in [9.17, 15) is 4.79 Å². The van der Waals surface area contributed by atoms with E-state index < -0.39 is 0 Å². The van der Waals surface area contributed by atoms with Crippen molar-refractivity contribution in [2.24, 2.45) is 17.8 Å². The van der Waals surface area contributed by atoms with Gasteiger partial charge in [-0.25, -0.2) is 0 Å². The largest absolute Gasteiger partial charge is 0.454 e. The summed E-state index contributed by atoms with van der Waals surface area (Å²) >= 11 is 0. The molecule has 4 nitrogen and oxygen atoms in total. The van der Waals surface area contributed by atoms with E-state index in [0.717, 1.165) is 23.4 Å². The number of carbonyl (C=O) groups is 1. The van der Waals surface area contributed by atoms with E-state index in [4.69, 9.17) is 9.47 Å². The summed E-state index contributed by atoms with van der Waals surface area (Å²) in [7, 11) is 0. The van der Waals surface area contributed by atoms with Gasteiger partial charge in [-0.05, 0) is 97.6 Å². The van der Waals surface area contributed by atoms with Crippen molar-refractivity contribution < 1.29 is 14.3 Å². The molecule has 4 saturated carbocycles. The molecule has 1 heterocycles. The van der Waals surface area contributed by atoms with Gasteiger partial charge in [-0.3, -0.25) is 4.79 Å². The van der Waals surface area contributed by atoms with E-state index >= 15 is 0 Å². The summed E-state index contributed by atoms with van der Waals surface area (Å²) < 4.78 is 10.7. The molecule has 2 aromatic carbocycles. The van der Waals surface area contributed by atoms with E-state index in [1.54, 1.807) is 18.2 Å². The first-order valence-corrected chi connectivity index (χ1v) is 10.5. The molecule has 0 aromatic heterocycles. The fourth-order valence-electron chi connectivity index (χ4n) is 6.61. The molecule has 1 N–H and O–H groups in total. The van der Waals surface area contributed by atoms with Crippen LogP contribution in [0.25, 0.3) is 0 Å². The van der Waals surface area contributed by atoms with Crippen LogP contribution in [0.3, 0.4) is 0 Å². The maximum Gasteiger partial charge on any atom is 0.255 e. The quantitative estimate of drug-likeness (QED) is 0.808. The molecule has 0 spiro atoms. The van der Waals surface area contributed by atoms with Crippen LogP contribution in [0.2, 0.25) is 0 Å². The highest BCUT2D eigenvalue weighted by Gasteiger charge is 2.51. The highest BCUT2D eigenvalue weighted by Crippen LogP contribution is 2.60. The van der Waals surface area contributed by atoms with Gasteiger partial charge in [0.2, 0.25) is 6.79 Å². The summed E-state index contributed by atoms with van der Waals surface area (Å²) in [6.45, 7) is 0.214. The fraction of sp³-hybridized carbons (Fsp3) is 0.458. The molecular formula is C24H25NO3. The van der Waals surface area contributed by atoms with Crippen molar-refractivity contribution in [3.8, 4) is 11.5 Å². The van der Waals surface area contributed by atoms with E-state index in [1.165, 1.54) is 44.1 Å². The van der Waals surface area contributed by atoms with Gasteiger partial charge in [0.25, 0.3) is 5.91 Å². The molecule has 4 fully saturated rings. The number of anilines is 1. The maximum atomic E-state index is 12.6.